The van der Waals surface area contributed by atoms with E-state index >= 15 is 0 Å². The summed E-state index contributed by atoms with van der Waals surface area (Å²) in [7, 11) is 0. The van der Waals surface area contributed by atoms with Crippen molar-refractivity contribution in [2.24, 2.45) is 0 Å². The number of benzene rings is 1. The molecule has 1 heterocycles. The van der Waals surface area contributed by atoms with E-state index in [2.05, 4.69) is 28.2 Å². The molecule has 1 aromatic heterocycles. The van der Waals surface area contributed by atoms with Gasteiger partial charge < -0.3 is 14.6 Å². The molecule has 1 aromatic carbocycles. The van der Waals surface area contributed by atoms with Gasteiger partial charge >= 0.3 is 0 Å². The van der Waals surface area contributed by atoms with Crippen molar-refractivity contribution in [2.45, 2.75) is 19.9 Å². The number of ether oxygens (including phenoxy) is 1. The lowest BCUT2D eigenvalue weighted by atomic mass is 10.2. The number of hydrogen-bond acceptors (Lipinski definition) is 2. The van der Waals surface area contributed by atoms with Crippen molar-refractivity contribution < 1.29 is 4.74 Å². The van der Waals surface area contributed by atoms with Gasteiger partial charge in [-0.1, -0.05) is 17.7 Å². The topological polar surface area (TPSA) is 26.2 Å². The van der Waals surface area contributed by atoms with Crippen molar-refractivity contribution >= 4 is 22.5 Å². The lowest BCUT2D eigenvalue weighted by Gasteiger charge is -2.07. The van der Waals surface area contributed by atoms with Crippen LogP contribution in [-0.4, -0.2) is 30.9 Å². The number of aromatic nitrogens is 1. The molecule has 4 heteroatoms. The van der Waals surface area contributed by atoms with Crippen LogP contribution in [0.3, 0.4) is 0 Å². The minimum Gasteiger partial charge on any atom is -0.382 e. The van der Waals surface area contributed by atoms with Crippen molar-refractivity contribution in [3.8, 4) is 0 Å². The van der Waals surface area contributed by atoms with Gasteiger partial charge in [0.1, 0.15) is 0 Å². The molecule has 0 aliphatic carbocycles. The highest BCUT2D eigenvalue weighted by Crippen LogP contribution is 2.23. The highest BCUT2D eigenvalue weighted by atomic mass is 35.5. The van der Waals surface area contributed by atoms with Gasteiger partial charge in [0.25, 0.3) is 0 Å². The molecular formula is C15H21ClN2O. The van der Waals surface area contributed by atoms with Crippen LogP contribution >= 0.6 is 11.6 Å². The molecular weight excluding hydrogens is 260 g/mol. The summed E-state index contributed by atoms with van der Waals surface area (Å²) in [6, 6.07) is 8.11. The van der Waals surface area contributed by atoms with E-state index in [9.17, 15) is 0 Å². The van der Waals surface area contributed by atoms with Crippen LogP contribution in [0.5, 0.6) is 0 Å². The fourth-order valence-corrected chi connectivity index (χ4v) is 2.38. The Bertz CT molecular complexity index is 510. The fourth-order valence-electron chi connectivity index (χ4n) is 2.15. The summed E-state index contributed by atoms with van der Waals surface area (Å²) in [5.74, 6) is 0. The molecule has 0 fully saturated rings. The zero-order valence-electron chi connectivity index (χ0n) is 11.4. The zero-order chi connectivity index (χ0) is 13.5. The van der Waals surface area contributed by atoms with E-state index in [1.54, 1.807) is 0 Å². The first-order valence-electron chi connectivity index (χ1n) is 6.84. The summed E-state index contributed by atoms with van der Waals surface area (Å²) in [5.41, 5.74) is 1.20. The maximum atomic E-state index is 6.16. The van der Waals surface area contributed by atoms with E-state index in [-0.39, 0.29) is 0 Å². The standard InChI is InChI=1S/C15H21ClN2O/c1-2-19-12-4-8-17-9-11-18-10-7-13-14(16)5-3-6-15(13)18/h3,5-7,10,17H,2,4,8-9,11-12H2,1H3. The van der Waals surface area contributed by atoms with Crippen LogP contribution in [0, 0.1) is 0 Å². The number of nitrogens with zero attached hydrogens (tertiary/aromatic N) is 1. The summed E-state index contributed by atoms with van der Waals surface area (Å²) in [6.45, 7) is 6.58. The Labute approximate surface area is 119 Å². The predicted octanol–water partition coefficient (Wildman–Crippen LogP) is 3.31. The summed E-state index contributed by atoms with van der Waals surface area (Å²) in [5, 5.41) is 5.37. The van der Waals surface area contributed by atoms with E-state index < -0.39 is 0 Å². The lowest BCUT2D eigenvalue weighted by Crippen LogP contribution is -2.21. The molecule has 0 bridgehead atoms. The highest BCUT2D eigenvalue weighted by molar-refractivity contribution is 6.35. The fraction of sp³-hybridized carbons (Fsp3) is 0.467. The predicted molar refractivity (Wildman–Crippen MR) is 80.9 cm³/mol. The summed E-state index contributed by atoms with van der Waals surface area (Å²) in [4.78, 5) is 0. The Hall–Kier alpha value is -1.03. The van der Waals surface area contributed by atoms with Crippen molar-refractivity contribution in [1.82, 2.24) is 9.88 Å². The summed E-state index contributed by atoms with van der Waals surface area (Å²) in [6.07, 6.45) is 3.16. The first kappa shape index (κ1) is 14.4. The summed E-state index contributed by atoms with van der Waals surface area (Å²) >= 11 is 6.16. The molecule has 0 spiro atoms. The lowest BCUT2D eigenvalue weighted by molar-refractivity contribution is 0.145. The molecule has 0 saturated carbocycles. The maximum Gasteiger partial charge on any atom is 0.0499 e. The molecule has 0 saturated heterocycles. The van der Waals surface area contributed by atoms with Crippen molar-refractivity contribution in [1.29, 1.82) is 0 Å². The van der Waals surface area contributed by atoms with Crippen LogP contribution in [0.4, 0.5) is 0 Å². The van der Waals surface area contributed by atoms with Crippen molar-refractivity contribution in [3.63, 3.8) is 0 Å². The number of fused-ring (bicyclic) bond motifs is 1. The molecule has 3 nitrogen and oxygen atoms in total. The third-order valence-corrected chi connectivity index (χ3v) is 3.47. The Morgan fingerprint density at radius 3 is 3.00 bits per heavy atom. The summed E-state index contributed by atoms with van der Waals surface area (Å²) < 4.78 is 7.53. The average Bonchev–Trinajstić information content (AvgIpc) is 2.83. The van der Waals surface area contributed by atoms with Crippen LogP contribution in [-0.2, 0) is 11.3 Å². The molecule has 0 aliphatic rings. The molecule has 2 rings (SSSR count). The quantitative estimate of drug-likeness (QED) is 0.751. The Kier molecular flexibility index (Phi) is 5.70. The van der Waals surface area contributed by atoms with Gasteiger partial charge in [-0.3, -0.25) is 0 Å². The maximum absolute atomic E-state index is 6.16. The van der Waals surface area contributed by atoms with Crippen LogP contribution in [0.25, 0.3) is 10.9 Å². The van der Waals surface area contributed by atoms with Crippen LogP contribution in [0.1, 0.15) is 13.3 Å². The van der Waals surface area contributed by atoms with Gasteiger partial charge in [0.15, 0.2) is 0 Å². The number of nitrogens with one attached hydrogen (secondary N) is 1. The molecule has 1 N–H and O–H groups in total. The first-order chi connectivity index (χ1) is 9.33. The van der Waals surface area contributed by atoms with E-state index in [0.29, 0.717) is 0 Å². The van der Waals surface area contributed by atoms with Crippen molar-refractivity contribution in [3.05, 3.63) is 35.5 Å². The Morgan fingerprint density at radius 1 is 1.26 bits per heavy atom. The van der Waals surface area contributed by atoms with Gasteiger partial charge in [-0.15, -0.1) is 0 Å². The third-order valence-electron chi connectivity index (χ3n) is 3.14. The molecule has 0 radical (unpaired) electrons. The second-order valence-corrected chi connectivity index (χ2v) is 4.89. The highest BCUT2D eigenvalue weighted by Gasteiger charge is 2.03. The third kappa shape index (κ3) is 3.96. The zero-order valence-corrected chi connectivity index (χ0v) is 12.1. The van der Waals surface area contributed by atoms with Crippen LogP contribution in [0.2, 0.25) is 5.02 Å². The smallest absolute Gasteiger partial charge is 0.0499 e. The molecule has 0 atom stereocenters. The number of rotatable bonds is 8. The van der Waals surface area contributed by atoms with Gasteiger partial charge in [-0.25, -0.2) is 0 Å². The van der Waals surface area contributed by atoms with Crippen LogP contribution in [0.15, 0.2) is 30.5 Å². The van der Waals surface area contributed by atoms with E-state index in [4.69, 9.17) is 16.3 Å². The monoisotopic (exact) mass is 280 g/mol. The van der Waals surface area contributed by atoms with Gasteiger partial charge in [-0.05, 0) is 38.1 Å². The SMILES string of the molecule is CCOCCCNCCn1ccc2c(Cl)cccc21. The van der Waals surface area contributed by atoms with Gasteiger partial charge in [0.05, 0.1) is 0 Å². The molecule has 0 unspecified atom stereocenters. The van der Waals surface area contributed by atoms with E-state index in [0.717, 1.165) is 49.7 Å². The Balaban J connectivity index is 1.77. The van der Waals surface area contributed by atoms with Gasteiger partial charge in [-0.2, -0.15) is 0 Å². The Morgan fingerprint density at radius 2 is 2.16 bits per heavy atom. The molecule has 104 valence electrons. The normalized spacial score (nSPS) is 11.3. The molecule has 0 aliphatic heterocycles. The largest absolute Gasteiger partial charge is 0.382 e. The van der Waals surface area contributed by atoms with Crippen molar-refractivity contribution in [2.75, 3.05) is 26.3 Å². The first-order valence-corrected chi connectivity index (χ1v) is 7.22. The number of halogens is 1. The molecule has 0 amide bonds. The van der Waals surface area contributed by atoms with Gasteiger partial charge in [0, 0.05) is 48.4 Å². The molecule has 19 heavy (non-hydrogen) atoms. The average molecular weight is 281 g/mol. The molecule has 2 aromatic rings. The minimum atomic E-state index is 0.802. The minimum absolute atomic E-state index is 0.802. The van der Waals surface area contributed by atoms with E-state index in [1.807, 2.05) is 19.1 Å². The second-order valence-electron chi connectivity index (χ2n) is 4.48. The number of hydrogen-bond donors (Lipinski definition) is 1. The van der Waals surface area contributed by atoms with Crippen LogP contribution < -0.4 is 5.32 Å². The second kappa shape index (κ2) is 7.53. The van der Waals surface area contributed by atoms with E-state index in [1.165, 1.54) is 5.52 Å². The van der Waals surface area contributed by atoms with Gasteiger partial charge in [0.2, 0.25) is 0 Å².